The van der Waals surface area contributed by atoms with E-state index in [4.69, 9.17) is 4.42 Å². The second-order valence-electron chi connectivity index (χ2n) is 5.88. The summed E-state index contributed by atoms with van der Waals surface area (Å²) in [7, 11) is 0. The van der Waals surface area contributed by atoms with Crippen LogP contribution in [0.15, 0.2) is 77.2 Å². The van der Waals surface area contributed by atoms with Crippen LogP contribution < -0.4 is 5.32 Å². The highest BCUT2D eigenvalue weighted by molar-refractivity contribution is 5.94. The Balaban J connectivity index is 1.45. The monoisotopic (exact) mass is 346 g/mol. The van der Waals surface area contributed by atoms with Crippen molar-refractivity contribution in [3.8, 4) is 11.5 Å². The summed E-state index contributed by atoms with van der Waals surface area (Å²) in [6, 6.07) is 20.8. The minimum Gasteiger partial charge on any atom is -0.436 e. The first-order valence-electron chi connectivity index (χ1n) is 8.18. The zero-order chi connectivity index (χ0) is 17.9. The maximum atomic E-state index is 13.2. The van der Waals surface area contributed by atoms with Crippen molar-refractivity contribution in [3.63, 3.8) is 0 Å². The Labute approximate surface area is 149 Å². The first-order valence-corrected chi connectivity index (χ1v) is 8.18. The third-order valence-corrected chi connectivity index (χ3v) is 4.03. The van der Waals surface area contributed by atoms with Crippen LogP contribution in [0.2, 0.25) is 0 Å². The summed E-state index contributed by atoms with van der Waals surface area (Å²) in [5, 5.41) is 2.78. The Bertz CT molecular complexity index is 1040. The predicted molar refractivity (Wildman–Crippen MR) is 97.0 cm³/mol. The molecule has 1 amide bonds. The molecule has 4 aromatic rings. The van der Waals surface area contributed by atoms with Crippen molar-refractivity contribution in [2.75, 3.05) is 0 Å². The number of hydrogen-bond acceptors (Lipinski definition) is 3. The Morgan fingerprint density at radius 1 is 1.00 bits per heavy atom. The number of hydrogen-bond donors (Lipinski definition) is 1. The molecule has 1 heterocycles. The Morgan fingerprint density at radius 2 is 1.81 bits per heavy atom. The molecule has 0 saturated heterocycles. The summed E-state index contributed by atoms with van der Waals surface area (Å²) in [6.07, 6.45) is 0. The van der Waals surface area contributed by atoms with Gasteiger partial charge < -0.3 is 9.73 Å². The molecule has 26 heavy (non-hydrogen) atoms. The zero-order valence-corrected chi connectivity index (χ0v) is 13.8. The van der Waals surface area contributed by atoms with Crippen LogP contribution in [-0.4, -0.2) is 10.9 Å². The van der Waals surface area contributed by atoms with Crippen molar-refractivity contribution in [2.45, 2.75) is 6.54 Å². The number of aromatic nitrogens is 1. The fourth-order valence-corrected chi connectivity index (χ4v) is 2.67. The van der Waals surface area contributed by atoms with Gasteiger partial charge in [-0.25, -0.2) is 9.37 Å². The Hall–Kier alpha value is -3.47. The van der Waals surface area contributed by atoms with Gasteiger partial charge >= 0.3 is 0 Å². The fourth-order valence-electron chi connectivity index (χ4n) is 2.67. The highest BCUT2D eigenvalue weighted by Crippen LogP contribution is 2.24. The first-order chi connectivity index (χ1) is 12.7. The molecule has 0 aliphatic carbocycles. The van der Waals surface area contributed by atoms with E-state index in [1.165, 1.54) is 18.2 Å². The second-order valence-corrected chi connectivity index (χ2v) is 5.88. The number of nitrogens with one attached hydrogen (secondary N) is 1. The van der Waals surface area contributed by atoms with Gasteiger partial charge in [0, 0.05) is 17.7 Å². The molecule has 0 atom stereocenters. The van der Waals surface area contributed by atoms with Crippen LogP contribution >= 0.6 is 0 Å². The highest BCUT2D eigenvalue weighted by atomic mass is 19.1. The van der Waals surface area contributed by atoms with E-state index in [2.05, 4.69) is 10.3 Å². The lowest BCUT2D eigenvalue weighted by Crippen LogP contribution is -2.22. The Morgan fingerprint density at radius 3 is 2.58 bits per heavy atom. The fraction of sp³-hybridized carbons (Fsp3) is 0.0476. The maximum absolute atomic E-state index is 13.2. The number of para-hydroxylation sites is 2. The summed E-state index contributed by atoms with van der Waals surface area (Å²) >= 11 is 0. The molecule has 0 bridgehead atoms. The number of rotatable bonds is 4. The van der Waals surface area contributed by atoms with Gasteiger partial charge in [0.05, 0.1) is 0 Å². The smallest absolute Gasteiger partial charge is 0.251 e. The van der Waals surface area contributed by atoms with Crippen LogP contribution in [-0.2, 0) is 6.54 Å². The van der Waals surface area contributed by atoms with E-state index in [0.29, 0.717) is 18.0 Å². The standard InChI is InChI=1S/C21H15FN2O2/c22-17-5-3-4-16(12-17)20(25)23-13-14-8-10-15(11-9-14)21-24-18-6-1-2-7-19(18)26-21/h1-12H,13H2,(H,23,25). The van der Waals surface area contributed by atoms with Crippen LogP contribution in [0.3, 0.4) is 0 Å². The lowest BCUT2D eigenvalue weighted by molar-refractivity contribution is 0.0950. The molecule has 128 valence electrons. The van der Waals surface area contributed by atoms with Gasteiger partial charge in [-0.2, -0.15) is 0 Å². The summed E-state index contributed by atoms with van der Waals surface area (Å²) in [5.74, 6) is -0.186. The van der Waals surface area contributed by atoms with Crippen LogP contribution in [0.5, 0.6) is 0 Å². The van der Waals surface area contributed by atoms with Crippen LogP contribution in [0.25, 0.3) is 22.6 Å². The molecule has 0 unspecified atom stereocenters. The van der Waals surface area contributed by atoms with Crippen molar-refractivity contribution in [1.29, 1.82) is 0 Å². The summed E-state index contributed by atoms with van der Waals surface area (Å²) in [5.41, 5.74) is 3.65. The molecular weight excluding hydrogens is 331 g/mol. The Kier molecular flexibility index (Phi) is 4.19. The van der Waals surface area contributed by atoms with Crippen LogP contribution in [0.4, 0.5) is 4.39 Å². The molecule has 4 rings (SSSR count). The molecule has 0 spiro atoms. The van der Waals surface area contributed by atoms with E-state index in [1.54, 1.807) is 6.07 Å². The van der Waals surface area contributed by atoms with Crippen molar-refractivity contribution in [1.82, 2.24) is 10.3 Å². The van der Waals surface area contributed by atoms with Gasteiger partial charge in [-0.3, -0.25) is 4.79 Å². The van der Waals surface area contributed by atoms with E-state index in [9.17, 15) is 9.18 Å². The number of fused-ring (bicyclic) bond motifs is 1. The summed E-state index contributed by atoms with van der Waals surface area (Å²) in [4.78, 5) is 16.5. The SMILES string of the molecule is O=C(NCc1ccc(-c2nc3ccccc3o2)cc1)c1cccc(F)c1. The van der Waals surface area contributed by atoms with Gasteiger partial charge in [0.1, 0.15) is 11.3 Å². The number of oxazole rings is 1. The largest absolute Gasteiger partial charge is 0.436 e. The second kappa shape index (κ2) is 6.80. The van der Waals surface area contributed by atoms with E-state index in [1.807, 2.05) is 48.5 Å². The van der Waals surface area contributed by atoms with E-state index in [-0.39, 0.29) is 5.91 Å². The van der Waals surface area contributed by atoms with Gasteiger partial charge in [-0.1, -0.05) is 30.3 Å². The van der Waals surface area contributed by atoms with Crippen LogP contribution in [0, 0.1) is 5.82 Å². The molecule has 0 aliphatic rings. The van der Waals surface area contributed by atoms with Crippen LogP contribution in [0.1, 0.15) is 15.9 Å². The van der Waals surface area contributed by atoms with Gasteiger partial charge in [0.25, 0.3) is 5.91 Å². The number of nitrogens with zero attached hydrogens (tertiary/aromatic N) is 1. The number of benzene rings is 3. The van der Waals surface area contributed by atoms with Crippen molar-refractivity contribution in [2.24, 2.45) is 0 Å². The predicted octanol–water partition coefficient (Wildman–Crippen LogP) is 4.56. The first kappa shape index (κ1) is 16.0. The van der Waals surface area contributed by atoms with E-state index >= 15 is 0 Å². The van der Waals surface area contributed by atoms with E-state index in [0.717, 1.165) is 22.2 Å². The molecule has 4 nitrogen and oxygen atoms in total. The lowest BCUT2D eigenvalue weighted by Gasteiger charge is -2.06. The summed E-state index contributed by atoms with van der Waals surface area (Å²) in [6.45, 7) is 0.350. The molecule has 1 aromatic heterocycles. The quantitative estimate of drug-likeness (QED) is 0.589. The maximum Gasteiger partial charge on any atom is 0.251 e. The molecule has 1 N–H and O–H groups in total. The molecule has 0 fully saturated rings. The topological polar surface area (TPSA) is 55.1 Å². The molecule has 0 radical (unpaired) electrons. The number of carbonyl (C=O) groups is 1. The average Bonchev–Trinajstić information content (AvgIpc) is 3.11. The minimum atomic E-state index is -0.430. The van der Waals surface area contributed by atoms with Gasteiger partial charge in [-0.05, 0) is 48.0 Å². The van der Waals surface area contributed by atoms with Gasteiger partial charge in [0.15, 0.2) is 5.58 Å². The van der Waals surface area contributed by atoms with Gasteiger partial charge in [-0.15, -0.1) is 0 Å². The normalized spacial score (nSPS) is 10.8. The minimum absolute atomic E-state index is 0.299. The van der Waals surface area contributed by atoms with Crippen molar-refractivity contribution >= 4 is 17.0 Å². The van der Waals surface area contributed by atoms with E-state index < -0.39 is 5.82 Å². The van der Waals surface area contributed by atoms with Crippen molar-refractivity contribution < 1.29 is 13.6 Å². The van der Waals surface area contributed by atoms with Gasteiger partial charge in [0.2, 0.25) is 5.89 Å². The summed E-state index contributed by atoms with van der Waals surface area (Å²) < 4.78 is 18.9. The molecule has 5 heteroatoms. The molecular formula is C21H15FN2O2. The molecule has 0 saturated carbocycles. The third kappa shape index (κ3) is 3.32. The van der Waals surface area contributed by atoms with Crippen molar-refractivity contribution in [3.05, 3.63) is 89.7 Å². The lowest BCUT2D eigenvalue weighted by atomic mass is 10.1. The number of carbonyl (C=O) groups excluding carboxylic acids is 1. The molecule has 3 aromatic carbocycles. The number of halogens is 1. The zero-order valence-electron chi connectivity index (χ0n) is 13.8. The highest BCUT2D eigenvalue weighted by Gasteiger charge is 2.09. The average molecular weight is 346 g/mol. The third-order valence-electron chi connectivity index (χ3n) is 4.03. The number of amides is 1. The molecule has 0 aliphatic heterocycles.